The molecule has 82 valence electrons. The summed E-state index contributed by atoms with van der Waals surface area (Å²) in [5.74, 6) is 0. The van der Waals surface area contributed by atoms with Crippen LogP contribution in [-0.2, 0) is 10.1 Å². The first-order valence-electron chi connectivity index (χ1n) is 3.81. The number of halogens is 1. The molecule has 0 aliphatic rings. The van der Waals surface area contributed by atoms with Gasteiger partial charge in [-0.3, -0.25) is 4.55 Å². The van der Waals surface area contributed by atoms with Gasteiger partial charge in [0.1, 0.15) is 0 Å². The van der Waals surface area contributed by atoms with Crippen molar-refractivity contribution in [1.82, 2.24) is 4.98 Å². The second kappa shape index (κ2) is 4.05. The van der Waals surface area contributed by atoms with Gasteiger partial charge in [-0.05, 0) is 25.1 Å². The molecule has 15 heavy (non-hydrogen) atoms. The Bertz CT molecular complexity index is 591. The van der Waals surface area contributed by atoms with Crippen molar-refractivity contribution in [2.45, 2.75) is 11.8 Å². The van der Waals surface area contributed by atoms with E-state index in [0.29, 0.717) is 0 Å². The lowest BCUT2D eigenvalue weighted by atomic mass is 10.3. The van der Waals surface area contributed by atoms with Crippen molar-refractivity contribution in [3.05, 3.63) is 23.2 Å². The summed E-state index contributed by atoms with van der Waals surface area (Å²) in [5.41, 5.74) is 0.750. The molecule has 1 N–H and O–H groups in total. The predicted molar refractivity (Wildman–Crippen MR) is 61.4 cm³/mol. The van der Waals surface area contributed by atoms with Crippen LogP contribution in [0.25, 0.3) is 10.2 Å². The Hall–Kier alpha value is -0.690. The van der Waals surface area contributed by atoms with Crippen LogP contribution < -0.4 is 0 Å². The Morgan fingerprint density at radius 3 is 2.67 bits per heavy atom. The molecule has 0 unspecified atom stereocenters. The zero-order chi connectivity index (χ0) is 10.3. The summed E-state index contributed by atoms with van der Waals surface area (Å²) in [6, 6.07) is 4.36. The lowest BCUT2D eigenvalue weighted by Gasteiger charge is -1.94. The summed E-state index contributed by atoms with van der Waals surface area (Å²) in [5, 5.41) is 0.868. The zero-order valence-electron chi connectivity index (χ0n) is 7.67. The van der Waals surface area contributed by atoms with Gasteiger partial charge in [0, 0.05) is 0 Å². The van der Waals surface area contributed by atoms with Crippen molar-refractivity contribution < 1.29 is 13.0 Å². The van der Waals surface area contributed by atoms with Crippen molar-refractivity contribution in [3.8, 4) is 0 Å². The Morgan fingerprint density at radius 1 is 1.40 bits per heavy atom. The van der Waals surface area contributed by atoms with E-state index in [4.69, 9.17) is 4.55 Å². The van der Waals surface area contributed by atoms with Gasteiger partial charge in [-0.25, -0.2) is 4.98 Å². The molecule has 1 heterocycles. The third-order valence-electron chi connectivity index (χ3n) is 1.76. The second-order valence-electron chi connectivity index (χ2n) is 2.84. The van der Waals surface area contributed by atoms with Crippen molar-refractivity contribution in [2.75, 3.05) is 0 Å². The summed E-state index contributed by atoms with van der Waals surface area (Å²) in [4.78, 5) is 4.09. The highest BCUT2D eigenvalue weighted by Gasteiger charge is 2.11. The molecular formula is C8H8ClNO3S2. The first kappa shape index (κ1) is 12.4. The van der Waals surface area contributed by atoms with E-state index in [1.54, 1.807) is 6.07 Å². The lowest BCUT2D eigenvalue weighted by molar-refractivity contribution is 0.483. The minimum absolute atomic E-state index is 0. The highest BCUT2D eigenvalue weighted by molar-refractivity contribution is 7.85. The van der Waals surface area contributed by atoms with E-state index in [9.17, 15) is 8.42 Å². The second-order valence-corrected chi connectivity index (χ2v) is 5.49. The molecule has 1 aromatic heterocycles. The molecule has 0 saturated heterocycles. The van der Waals surface area contributed by atoms with Gasteiger partial charge in [0.15, 0.2) is 0 Å². The molecule has 0 bridgehead atoms. The summed E-state index contributed by atoms with van der Waals surface area (Å²) in [6.45, 7) is 1.85. The van der Waals surface area contributed by atoms with Crippen molar-refractivity contribution in [2.24, 2.45) is 0 Å². The normalized spacial score (nSPS) is 11.3. The van der Waals surface area contributed by atoms with Gasteiger partial charge >= 0.3 is 0 Å². The van der Waals surface area contributed by atoms with E-state index in [2.05, 4.69) is 4.98 Å². The van der Waals surface area contributed by atoms with Gasteiger partial charge < -0.3 is 0 Å². The van der Waals surface area contributed by atoms with Crippen molar-refractivity contribution >= 4 is 44.1 Å². The van der Waals surface area contributed by atoms with Crippen LogP contribution in [-0.4, -0.2) is 18.0 Å². The van der Waals surface area contributed by atoms with Crippen molar-refractivity contribution in [1.29, 1.82) is 0 Å². The molecule has 0 aliphatic heterocycles. The number of benzene rings is 1. The van der Waals surface area contributed by atoms with Crippen LogP contribution in [0.3, 0.4) is 0 Å². The highest BCUT2D eigenvalue weighted by atomic mass is 35.5. The van der Waals surface area contributed by atoms with Crippen LogP contribution in [0.15, 0.2) is 23.1 Å². The minimum atomic E-state index is -4.11. The molecule has 0 saturated carbocycles. The van der Waals surface area contributed by atoms with Crippen LogP contribution >= 0.6 is 23.7 Å². The van der Waals surface area contributed by atoms with E-state index in [0.717, 1.165) is 15.2 Å². The average Bonchev–Trinajstić information content (AvgIpc) is 2.41. The smallest absolute Gasteiger partial charge is 0.282 e. The van der Waals surface area contributed by atoms with Gasteiger partial charge in [0.2, 0.25) is 0 Å². The molecule has 0 fully saturated rings. The van der Waals surface area contributed by atoms with Crippen molar-refractivity contribution in [3.63, 3.8) is 0 Å². The van der Waals surface area contributed by atoms with Gasteiger partial charge in [-0.2, -0.15) is 8.42 Å². The number of hydrogen-bond acceptors (Lipinski definition) is 4. The summed E-state index contributed by atoms with van der Waals surface area (Å²) in [6.07, 6.45) is 0. The fourth-order valence-corrected chi connectivity index (χ4v) is 2.63. The van der Waals surface area contributed by atoms with E-state index >= 15 is 0 Å². The molecule has 0 aliphatic carbocycles. The monoisotopic (exact) mass is 265 g/mol. The predicted octanol–water partition coefficient (Wildman–Crippen LogP) is 2.27. The molecular weight excluding hydrogens is 258 g/mol. The van der Waals surface area contributed by atoms with Gasteiger partial charge in [-0.1, -0.05) is 0 Å². The van der Waals surface area contributed by atoms with Crippen LogP contribution in [0.5, 0.6) is 0 Å². The number of hydrogen-bond donors (Lipinski definition) is 1. The van der Waals surface area contributed by atoms with E-state index in [1.165, 1.54) is 23.5 Å². The Kier molecular flexibility index (Phi) is 3.34. The minimum Gasteiger partial charge on any atom is -0.282 e. The highest BCUT2D eigenvalue weighted by Crippen LogP contribution is 2.24. The molecule has 2 aromatic rings. The number of aryl methyl sites for hydroxylation is 1. The third kappa shape index (κ3) is 2.46. The maximum Gasteiger partial charge on any atom is 0.294 e. The summed E-state index contributed by atoms with van der Waals surface area (Å²) in [7, 11) is -4.11. The van der Waals surface area contributed by atoms with Gasteiger partial charge in [0.05, 0.1) is 20.1 Å². The van der Waals surface area contributed by atoms with E-state index in [1.807, 2.05) is 6.92 Å². The maximum atomic E-state index is 10.8. The number of nitrogens with zero attached hydrogens (tertiary/aromatic N) is 1. The van der Waals surface area contributed by atoms with Crippen LogP contribution in [0.2, 0.25) is 0 Å². The van der Waals surface area contributed by atoms with E-state index in [-0.39, 0.29) is 17.3 Å². The SMILES string of the molecule is Cc1nc2ccc(S(=O)(=O)O)cc2s1.Cl. The number of fused-ring (bicyclic) bond motifs is 1. The molecule has 0 amide bonds. The Morgan fingerprint density at radius 2 is 2.07 bits per heavy atom. The van der Waals surface area contributed by atoms with Crippen LogP contribution in [0.4, 0.5) is 0 Å². The molecule has 4 nitrogen and oxygen atoms in total. The van der Waals surface area contributed by atoms with Crippen LogP contribution in [0.1, 0.15) is 5.01 Å². The molecule has 0 atom stereocenters. The Labute approximate surface area is 97.1 Å². The quantitative estimate of drug-likeness (QED) is 0.803. The van der Waals surface area contributed by atoms with Gasteiger partial charge in [-0.15, -0.1) is 23.7 Å². The van der Waals surface area contributed by atoms with E-state index < -0.39 is 10.1 Å². The standard InChI is InChI=1S/C8H7NO3S2.ClH/c1-5-9-7-3-2-6(14(10,11)12)4-8(7)13-5;/h2-4H,1H3,(H,10,11,12);1H. The topological polar surface area (TPSA) is 67.3 Å². The fourth-order valence-electron chi connectivity index (χ4n) is 1.18. The lowest BCUT2D eigenvalue weighted by Crippen LogP contribution is -1.96. The largest absolute Gasteiger partial charge is 0.294 e. The number of thiazole rings is 1. The number of rotatable bonds is 1. The summed E-state index contributed by atoms with van der Waals surface area (Å²) >= 11 is 1.40. The molecule has 2 rings (SSSR count). The first-order valence-corrected chi connectivity index (χ1v) is 6.07. The van der Waals surface area contributed by atoms with Gasteiger partial charge in [0.25, 0.3) is 10.1 Å². The summed E-state index contributed by atoms with van der Waals surface area (Å²) < 4.78 is 31.2. The molecule has 7 heteroatoms. The van der Waals surface area contributed by atoms with Crippen LogP contribution in [0, 0.1) is 6.92 Å². The maximum absolute atomic E-state index is 10.8. The fraction of sp³-hybridized carbons (Fsp3) is 0.125. The zero-order valence-corrected chi connectivity index (χ0v) is 10.1. The third-order valence-corrected chi connectivity index (χ3v) is 3.55. The number of aromatic nitrogens is 1. The average molecular weight is 266 g/mol. The molecule has 1 aromatic carbocycles. The Balaban J connectivity index is 0.00000112. The molecule has 0 spiro atoms. The molecule has 0 radical (unpaired) electrons. The first-order chi connectivity index (χ1) is 6.47.